The fraction of sp³-hybridized carbons (Fsp3) is 0.945. The van der Waals surface area contributed by atoms with Crippen LogP contribution in [0.4, 0.5) is 0 Å². The first-order valence-electron chi connectivity index (χ1n) is 27.4. The standard InChI is InChI=1S/C55H106O6/c1-5-7-9-11-13-15-17-18-19-20-21-22-23-24-26-31-35-39-43-47-54(57)60-50-52(49-59-53(56)46-42-38-34-30-25-16-14-12-10-8-6-2)61-55(58)48-44-40-36-32-28-27-29-33-37-41-45-51(3)4/h51-52H,5-50H2,1-4H3/t52-/m1/s1. The van der Waals surface area contributed by atoms with Gasteiger partial charge in [0.25, 0.3) is 0 Å². The van der Waals surface area contributed by atoms with E-state index in [0.717, 1.165) is 63.7 Å². The number of ether oxygens (including phenoxy) is 3. The first-order chi connectivity index (χ1) is 29.9. The molecule has 0 amide bonds. The Labute approximate surface area is 380 Å². The summed E-state index contributed by atoms with van der Waals surface area (Å²) in [5, 5.41) is 0. The largest absolute Gasteiger partial charge is 0.462 e. The molecule has 1 atom stereocenters. The molecule has 0 spiro atoms. The molecule has 0 aromatic heterocycles. The topological polar surface area (TPSA) is 78.9 Å². The van der Waals surface area contributed by atoms with Gasteiger partial charge in [-0.3, -0.25) is 14.4 Å². The van der Waals surface area contributed by atoms with Crippen LogP contribution in [0.3, 0.4) is 0 Å². The smallest absolute Gasteiger partial charge is 0.306 e. The van der Waals surface area contributed by atoms with Crippen LogP contribution in [0, 0.1) is 5.92 Å². The number of hydrogen-bond acceptors (Lipinski definition) is 6. The van der Waals surface area contributed by atoms with E-state index in [1.807, 2.05) is 0 Å². The molecule has 61 heavy (non-hydrogen) atoms. The lowest BCUT2D eigenvalue weighted by atomic mass is 10.0. The Hall–Kier alpha value is -1.59. The van der Waals surface area contributed by atoms with Crippen molar-refractivity contribution in [1.29, 1.82) is 0 Å². The molecule has 0 N–H and O–H groups in total. The molecule has 0 aliphatic heterocycles. The average Bonchev–Trinajstić information content (AvgIpc) is 3.24. The normalized spacial score (nSPS) is 12.0. The summed E-state index contributed by atoms with van der Waals surface area (Å²) in [7, 11) is 0. The zero-order valence-electron chi connectivity index (χ0n) is 41.6. The predicted molar refractivity (Wildman–Crippen MR) is 261 cm³/mol. The minimum absolute atomic E-state index is 0.0626. The van der Waals surface area contributed by atoms with E-state index >= 15 is 0 Å². The monoisotopic (exact) mass is 863 g/mol. The van der Waals surface area contributed by atoms with Crippen LogP contribution in [0.1, 0.15) is 310 Å². The predicted octanol–water partition coefficient (Wildman–Crippen LogP) is 17.8. The molecule has 6 nitrogen and oxygen atoms in total. The Kier molecular flexibility index (Phi) is 48.1. The van der Waals surface area contributed by atoms with Crippen LogP contribution in [0.25, 0.3) is 0 Å². The molecule has 0 saturated heterocycles. The highest BCUT2D eigenvalue weighted by Crippen LogP contribution is 2.17. The highest BCUT2D eigenvalue weighted by atomic mass is 16.6. The Bertz CT molecular complexity index is 918. The van der Waals surface area contributed by atoms with E-state index in [0.29, 0.717) is 19.3 Å². The number of rotatable bonds is 50. The lowest BCUT2D eigenvalue weighted by molar-refractivity contribution is -0.167. The number of esters is 3. The van der Waals surface area contributed by atoms with Crippen LogP contribution in [-0.2, 0) is 28.6 Å². The van der Waals surface area contributed by atoms with Crippen molar-refractivity contribution in [2.45, 2.75) is 316 Å². The summed E-state index contributed by atoms with van der Waals surface area (Å²) in [5.41, 5.74) is 0. The van der Waals surface area contributed by atoms with Gasteiger partial charge in [-0.25, -0.2) is 0 Å². The molecule has 0 heterocycles. The maximum Gasteiger partial charge on any atom is 0.306 e. The fourth-order valence-electron chi connectivity index (χ4n) is 8.39. The van der Waals surface area contributed by atoms with E-state index in [2.05, 4.69) is 27.7 Å². The molecule has 0 saturated carbocycles. The summed E-state index contributed by atoms with van der Waals surface area (Å²) in [5.74, 6) is -0.0263. The van der Waals surface area contributed by atoms with Gasteiger partial charge < -0.3 is 14.2 Å². The molecule has 0 rings (SSSR count). The molecule has 362 valence electrons. The van der Waals surface area contributed by atoms with Crippen LogP contribution >= 0.6 is 0 Å². The lowest BCUT2D eigenvalue weighted by Gasteiger charge is -2.18. The Morgan fingerprint density at radius 2 is 0.541 bits per heavy atom. The SMILES string of the molecule is CCCCCCCCCCCCCCCCCCCCCC(=O)OC[C@@H](COC(=O)CCCCCCCCCCCCC)OC(=O)CCCCCCCCCCCCC(C)C. The second-order valence-corrected chi connectivity index (χ2v) is 19.3. The third kappa shape index (κ3) is 49.3. The molecule has 6 heteroatoms. The van der Waals surface area contributed by atoms with Gasteiger partial charge >= 0.3 is 17.9 Å². The Morgan fingerprint density at radius 3 is 0.803 bits per heavy atom. The van der Waals surface area contributed by atoms with Gasteiger partial charge in [-0.15, -0.1) is 0 Å². The number of unbranched alkanes of at least 4 members (excludes halogenated alkanes) is 37. The highest BCUT2D eigenvalue weighted by Gasteiger charge is 2.19. The zero-order chi connectivity index (χ0) is 44.5. The lowest BCUT2D eigenvalue weighted by Crippen LogP contribution is -2.30. The molecule has 0 aliphatic rings. The average molecular weight is 863 g/mol. The fourth-order valence-corrected chi connectivity index (χ4v) is 8.39. The van der Waals surface area contributed by atoms with E-state index in [1.165, 1.54) is 205 Å². The summed E-state index contributed by atoms with van der Waals surface area (Å²) >= 11 is 0. The van der Waals surface area contributed by atoms with Crippen LogP contribution in [-0.4, -0.2) is 37.2 Å². The van der Waals surface area contributed by atoms with Gasteiger partial charge in [0.2, 0.25) is 0 Å². The minimum Gasteiger partial charge on any atom is -0.462 e. The number of carbonyl (C=O) groups excluding carboxylic acids is 3. The second kappa shape index (κ2) is 49.4. The maximum absolute atomic E-state index is 12.8. The van der Waals surface area contributed by atoms with Gasteiger partial charge in [-0.1, -0.05) is 272 Å². The molecular formula is C55H106O6. The second-order valence-electron chi connectivity index (χ2n) is 19.3. The summed E-state index contributed by atoms with van der Waals surface area (Å²) in [6.07, 6.45) is 52.4. The van der Waals surface area contributed by atoms with Crippen molar-refractivity contribution < 1.29 is 28.6 Å². The first-order valence-corrected chi connectivity index (χ1v) is 27.4. The summed E-state index contributed by atoms with van der Waals surface area (Å²) < 4.78 is 16.8. The molecule has 0 fully saturated rings. The van der Waals surface area contributed by atoms with Gasteiger partial charge in [0, 0.05) is 19.3 Å². The Morgan fingerprint density at radius 1 is 0.311 bits per heavy atom. The van der Waals surface area contributed by atoms with Gasteiger partial charge in [0.1, 0.15) is 13.2 Å². The Balaban J connectivity index is 4.24. The van der Waals surface area contributed by atoms with Crippen LogP contribution in [0.2, 0.25) is 0 Å². The molecule has 0 aromatic carbocycles. The van der Waals surface area contributed by atoms with Gasteiger partial charge in [-0.2, -0.15) is 0 Å². The third-order valence-corrected chi connectivity index (χ3v) is 12.5. The van der Waals surface area contributed by atoms with Crippen molar-refractivity contribution in [2.75, 3.05) is 13.2 Å². The van der Waals surface area contributed by atoms with E-state index in [4.69, 9.17) is 14.2 Å². The van der Waals surface area contributed by atoms with Crippen LogP contribution in [0.5, 0.6) is 0 Å². The van der Waals surface area contributed by atoms with Gasteiger partial charge in [0.05, 0.1) is 0 Å². The highest BCUT2D eigenvalue weighted by molar-refractivity contribution is 5.71. The van der Waals surface area contributed by atoms with Crippen molar-refractivity contribution in [3.63, 3.8) is 0 Å². The molecule has 0 aliphatic carbocycles. The van der Waals surface area contributed by atoms with Crippen LogP contribution in [0.15, 0.2) is 0 Å². The third-order valence-electron chi connectivity index (χ3n) is 12.5. The van der Waals surface area contributed by atoms with E-state index in [1.54, 1.807) is 0 Å². The van der Waals surface area contributed by atoms with Crippen molar-refractivity contribution >= 4 is 17.9 Å². The summed E-state index contributed by atoms with van der Waals surface area (Å²) in [4.78, 5) is 38.0. The number of carbonyl (C=O) groups is 3. The molecule has 0 radical (unpaired) electrons. The van der Waals surface area contributed by atoms with Crippen molar-refractivity contribution in [2.24, 2.45) is 5.92 Å². The molecule has 0 bridgehead atoms. The molecule has 0 unspecified atom stereocenters. The van der Waals surface area contributed by atoms with E-state index < -0.39 is 6.10 Å². The van der Waals surface area contributed by atoms with Crippen molar-refractivity contribution in [1.82, 2.24) is 0 Å². The van der Waals surface area contributed by atoms with Gasteiger partial charge in [-0.05, 0) is 25.2 Å². The van der Waals surface area contributed by atoms with Crippen molar-refractivity contribution in [3.8, 4) is 0 Å². The first kappa shape index (κ1) is 59.4. The maximum atomic E-state index is 12.8. The van der Waals surface area contributed by atoms with E-state index in [9.17, 15) is 14.4 Å². The van der Waals surface area contributed by atoms with Crippen molar-refractivity contribution in [3.05, 3.63) is 0 Å². The zero-order valence-corrected chi connectivity index (χ0v) is 41.6. The minimum atomic E-state index is -0.761. The van der Waals surface area contributed by atoms with Gasteiger partial charge in [0.15, 0.2) is 6.10 Å². The van der Waals surface area contributed by atoms with Crippen LogP contribution < -0.4 is 0 Å². The number of hydrogen-bond donors (Lipinski definition) is 0. The summed E-state index contributed by atoms with van der Waals surface area (Å²) in [6.45, 7) is 9.02. The molecule has 0 aromatic rings. The van der Waals surface area contributed by atoms with E-state index in [-0.39, 0.29) is 31.1 Å². The quantitative estimate of drug-likeness (QED) is 0.0344. The summed E-state index contributed by atoms with van der Waals surface area (Å²) in [6, 6.07) is 0. The molecular weight excluding hydrogens is 757 g/mol.